The van der Waals surface area contributed by atoms with Crippen molar-refractivity contribution >= 4 is 23.5 Å². The first kappa shape index (κ1) is 28.5. The minimum atomic E-state index is -5.78. The summed E-state index contributed by atoms with van der Waals surface area (Å²) in [5.41, 5.74) is 6.38. The molecule has 6 atom stereocenters. The fourth-order valence-corrected chi connectivity index (χ4v) is 5.71. The van der Waals surface area contributed by atoms with Crippen molar-refractivity contribution in [2.24, 2.45) is 5.11 Å². The standard InChI is InChI=1S/C11H18N5O15P3/c12-15-13-2-1-5-3-16(11(20)14-9(5)19)10-8(18)7(17)6(29-10)4-28-33(24,25)31-34(26,27)30-32(21,22)23/h3,6-8,10,17-18H,1-2,4H2,(H,24,25)(H,26,27)(H,14,19,20)(H2,21,22,23)/t6-,7?,8?,10-/m1/s1. The van der Waals surface area contributed by atoms with Gasteiger partial charge in [-0.15, -0.1) is 0 Å². The second-order valence-electron chi connectivity index (χ2n) is 6.46. The highest BCUT2D eigenvalue weighted by atomic mass is 31.3. The maximum absolute atomic E-state index is 12.1. The minimum Gasteiger partial charge on any atom is -0.387 e. The van der Waals surface area contributed by atoms with Gasteiger partial charge < -0.3 is 34.5 Å². The van der Waals surface area contributed by atoms with Crippen LogP contribution in [-0.2, 0) is 38.0 Å². The van der Waals surface area contributed by atoms with Crippen LogP contribution < -0.4 is 11.2 Å². The van der Waals surface area contributed by atoms with Gasteiger partial charge in [0.15, 0.2) is 6.23 Å². The number of aliphatic hydroxyl groups excluding tert-OH is 2. The quantitative estimate of drug-likeness (QED) is 0.0699. The number of hydrogen-bond donors (Lipinski definition) is 7. The van der Waals surface area contributed by atoms with Crippen molar-refractivity contribution in [2.45, 2.75) is 31.0 Å². The van der Waals surface area contributed by atoms with E-state index in [-0.39, 0.29) is 18.5 Å². The normalized spacial score (nSPS) is 26.4. The molecule has 2 rings (SSSR count). The highest BCUT2D eigenvalue weighted by molar-refractivity contribution is 7.66. The molecular weight excluding hydrogens is 535 g/mol. The zero-order valence-corrected chi connectivity index (χ0v) is 19.2. The Bertz CT molecular complexity index is 1200. The highest BCUT2D eigenvalue weighted by Crippen LogP contribution is 2.66. The maximum atomic E-state index is 12.1. The van der Waals surface area contributed by atoms with Crippen molar-refractivity contribution in [2.75, 3.05) is 13.2 Å². The first-order valence-electron chi connectivity index (χ1n) is 8.70. The molecule has 4 unspecified atom stereocenters. The number of H-pyrrole nitrogens is 1. The van der Waals surface area contributed by atoms with Crippen molar-refractivity contribution in [3.05, 3.63) is 43.0 Å². The predicted octanol–water partition coefficient (Wildman–Crippen LogP) is -1.65. The molecule has 1 saturated heterocycles. The molecule has 1 aromatic rings. The third-order valence-corrected chi connectivity index (χ3v) is 7.82. The van der Waals surface area contributed by atoms with Crippen LogP contribution in [0.15, 0.2) is 20.9 Å². The van der Waals surface area contributed by atoms with Crippen LogP contribution in [0.25, 0.3) is 10.4 Å². The van der Waals surface area contributed by atoms with Gasteiger partial charge in [-0.1, -0.05) is 5.11 Å². The van der Waals surface area contributed by atoms with Crippen molar-refractivity contribution in [1.29, 1.82) is 0 Å². The molecule has 0 spiro atoms. The summed E-state index contributed by atoms with van der Waals surface area (Å²) in [5.74, 6) is 0. The van der Waals surface area contributed by atoms with Gasteiger partial charge in [-0.05, 0) is 12.0 Å². The maximum Gasteiger partial charge on any atom is 0.490 e. The first-order chi connectivity index (χ1) is 15.6. The van der Waals surface area contributed by atoms with E-state index in [0.717, 1.165) is 6.20 Å². The summed E-state index contributed by atoms with van der Waals surface area (Å²) < 4.78 is 51.1. The molecule has 1 aliphatic heterocycles. The monoisotopic (exact) mass is 553 g/mol. The average Bonchev–Trinajstić information content (AvgIpc) is 2.94. The van der Waals surface area contributed by atoms with E-state index in [1.807, 2.05) is 4.98 Å². The number of aromatic amines is 1. The van der Waals surface area contributed by atoms with Crippen LogP contribution >= 0.6 is 23.5 Å². The van der Waals surface area contributed by atoms with Crippen LogP contribution in [0.4, 0.5) is 0 Å². The van der Waals surface area contributed by atoms with Crippen LogP contribution in [0.5, 0.6) is 0 Å². The minimum absolute atomic E-state index is 0.0472. The Hall–Kier alpha value is -1.72. The molecule has 2 heterocycles. The molecule has 34 heavy (non-hydrogen) atoms. The zero-order chi connectivity index (χ0) is 25.9. The van der Waals surface area contributed by atoms with Gasteiger partial charge in [0.25, 0.3) is 5.56 Å². The number of hydrogen-bond acceptors (Lipinski definition) is 12. The van der Waals surface area contributed by atoms with Crippen molar-refractivity contribution < 1.29 is 61.4 Å². The molecule has 0 aliphatic carbocycles. The molecular formula is C11H18N5O15P3. The molecule has 192 valence electrons. The molecule has 1 fully saturated rings. The van der Waals surface area contributed by atoms with Gasteiger partial charge in [0, 0.05) is 23.2 Å². The van der Waals surface area contributed by atoms with Crippen LogP contribution in [0, 0.1) is 0 Å². The Morgan fingerprint density at radius 3 is 2.35 bits per heavy atom. The van der Waals surface area contributed by atoms with E-state index in [4.69, 9.17) is 24.9 Å². The Morgan fingerprint density at radius 2 is 1.76 bits per heavy atom. The Balaban J connectivity index is 2.14. The van der Waals surface area contributed by atoms with Crippen LogP contribution in [-0.4, -0.2) is 70.8 Å². The van der Waals surface area contributed by atoms with E-state index in [2.05, 4.69) is 23.2 Å². The fourth-order valence-electron chi connectivity index (χ4n) is 2.68. The van der Waals surface area contributed by atoms with E-state index >= 15 is 0 Å². The smallest absolute Gasteiger partial charge is 0.387 e. The number of phosphoric acid groups is 3. The lowest BCUT2D eigenvalue weighted by Gasteiger charge is -2.19. The molecule has 0 saturated carbocycles. The summed E-state index contributed by atoms with van der Waals surface area (Å²) in [7, 11) is -16.9. The van der Waals surface area contributed by atoms with Crippen LogP contribution in [0.2, 0.25) is 0 Å². The first-order valence-corrected chi connectivity index (χ1v) is 13.2. The summed E-state index contributed by atoms with van der Waals surface area (Å²) >= 11 is 0. The SMILES string of the molecule is [N-]=[N+]=NCCc1cn([C@@H]2O[C@H](COP(=O)(O)OP(=O)(O)OP(=O)(O)O)C(O)C2O)c(=O)[nH]c1=O. The Labute approximate surface area is 187 Å². The lowest BCUT2D eigenvalue weighted by atomic mass is 10.1. The van der Waals surface area contributed by atoms with Gasteiger partial charge in [0.1, 0.15) is 18.3 Å². The summed E-state index contributed by atoms with van der Waals surface area (Å²) in [6.07, 6.45) is -6.12. The van der Waals surface area contributed by atoms with E-state index in [1.165, 1.54) is 0 Å². The zero-order valence-electron chi connectivity index (χ0n) is 16.5. The Kier molecular flexibility index (Phi) is 9.15. The molecule has 1 aromatic heterocycles. The van der Waals surface area contributed by atoms with Crippen LogP contribution in [0.1, 0.15) is 11.8 Å². The number of rotatable bonds is 11. The second kappa shape index (κ2) is 10.9. The molecule has 0 aromatic carbocycles. The molecule has 7 N–H and O–H groups in total. The molecule has 23 heteroatoms. The third kappa shape index (κ3) is 7.91. The van der Waals surface area contributed by atoms with Gasteiger partial charge >= 0.3 is 29.2 Å². The number of phosphoric ester groups is 1. The van der Waals surface area contributed by atoms with Gasteiger partial charge in [-0.25, -0.2) is 18.5 Å². The van der Waals surface area contributed by atoms with Crippen molar-refractivity contribution in [3.63, 3.8) is 0 Å². The van der Waals surface area contributed by atoms with Gasteiger partial charge in [0.2, 0.25) is 0 Å². The number of aliphatic hydroxyl groups is 2. The van der Waals surface area contributed by atoms with Crippen molar-refractivity contribution in [1.82, 2.24) is 9.55 Å². The average molecular weight is 553 g/mol. The topological polar surface area (TPSA) is 313 Å². The molecule has 0 radical (unpaired) electrons. The number of nitrogens with one attached hydrogen (secondary N) is 1. The fraction of sp³-hybridized carbons (Fsp3) is 0.636. The summed E-state index contributed by atoms with van der Waals surface area (Å²) in [5, 5.41) is 23.6. The molecule has 0 amide bonds. The van der Waals surface area contributed by atoms with E-state index in [0.29, 0.717) is 4.57 Å². The molecule has 1 aliphatic rings. The number of nitrogens with zero attached hydrogens (tertiary/aromatic N) is 4. The highest BCUT2D eigenvalue weighted by Gasteiger charge is 2.46. The molecule has 20 nitrogen and oxygen atoms in total. The second-order valence-corrected chi connectivity index (χ2v) is 10.9. The summed E-state index contributed by atoms with van der Waals surface area (Å²) in [6.45, 7) is -1.24. The number of azide groups is 1. The van der Waals surface area contributed by atoms with Crippen molar-refractivity contribution in [3.8, 4) is 0 Å². The lowest BCUT2D eigenvalue weighted by molar-refractivity contribution is -0.0543. The Morgan fingerprint density at radius 1 is 1.12 bits per heavy atom. The molecule has 0 bridgehead atoms. The third-order valence-electron chi connectivity index (χ3n) is 4.02. The number of ether oxygens (including phenoxy) is 1. The van der Waals surface area contributed by atoms with E-state index in [1.54, 1.807) is 0 Å². The largest absolute Gasteiger partial charge is 0.490 e. The number of aromatic nitrogens is 2. The predicted molar refractivity (Wildman–Crippen MR) is 105 cm³/mol. The lowest BCUT2D eigenvalue weighted by Crippen LogP contribution is -2.39. The summed E-state index contributed by atoms with van der Waals surface area (Å²) in [4.78, 5) is 64.0. The van der Waals surface area contributed by atoms with Gasteiger partial charge in [-0.3, -0.25) is 18.9 Å². The summed E-state index contributed by atoms with van der Waals surface area (Å²) in [6, 6.07) is 0. The van der Waals surface area contributed by atoms with Gasteiger partial charge in [0.05, 0.1) is 6.61 Å². The van der Waals surface area contributed by atoms with Gasteiger partial charge in [-0.2, -0.15) is 8.62 Å². The van der Waals surface area contributed by atoms with E-state index < -0.39 is 65.9 Å². The van der Waals surface area contributed by atoms with Crippen LogP contribution in [0.3, 0.4) is 0 Å². The van der Waals surface area contributed by atoms with E-state index in [9.17, 15) is 38.4 Å².